The van der Waals surface area contributed by atoms with Crippen molar-refractivity contribution in [2.24, 2.45) is 0 Å². The molecule has 23 heavy (non-hydrogen) atoms. The summed E-state index contributed by atoms with van der Waals surface area (Å²) in [5.74, 6) is -1.93. The van der Waals surface area contributed by atoms with Gasteiger partial charge in [-0.3, -0.25) is 9.69 Å². The van der Waals surface area contributed by atoms with Gasteiger partial charge in [0.15, 0.2) is 0 Å². The molecular formula is C16H17FN2O4. The molecule has 2 rings (SSSR count). The fraction of sp³-hybridized carbons (Fsp3) is 0.312. The molecule has 1 aliphatic rings. The predicted molar refractivity (Wildman–Crippen MR) is 79.5 cm³/mol. The van der Waals surface area contributed by atoms with Gasteiger partial charge in [-0.25, -0.2) is 14.0 Å². The standard InChI is InChI=1S/C16H17FN2O4/c1-4-23-15(21)13-9(2)18-16(22)19(10(3)20)14(13)11-7-5-6-8-12(11)17/h5-8,14H,4H2,1-3H3,(H,18,22)/t14-/m1/s1. The van der Waals surface area contributed by atoms with Gasteiger partial charge in [0.2, 0.25) is 5.91 Å². The summed E-state index contributed by atoms with van der Waals surface area (Å²) in [6.07, 6.45) is 0. The Morgan fingerprint density at radius 2 is 2.00 bits per heavy atom. The Morgan fingerprint density at radius 1 is 1.35 bits per heavy atom. The van der Waals surface area contributed by atoms with Gasteiger partial charge < -0.3 is 10.1 Å². The SMILES string of the molecule is CCOC(=O)C1=C(C)NC(=O)N(C(C)=O)[C@@H]1c1ccccc1F. The van der Waals surface area contributed by atoms with Gasteiger partial charge in [-0.1, -0.05) is 18.2 Å². The number of hydrogen-bond acceptors (Lipinski definition) is 4. The average molecular weight is 320 g/mol. The third-order valence-electron chi connectivity index (χ3n) is 3.48. The van der Waals surface area contributed by atoms with Crippen molar-refractivity contribution in [3.63, 3.8) is 0 Å². The largest absolute Gasteiger partial charge is 0.463 e. The number of rotatable bonds is 3. The molecule has 0 saturated carbocycles. The smallest absolute Gasteiger partial charge is 0.338 e. The van der Waals surface area contributed by atoms with E-state index in [0.717, 1.165) is 4.90 Å². The summed E-state index contributed by atoms with van der Waals surface area (Å²) in [6.45, 7) is 4.44. The van der Waals surface area contributed by atoms with E-state index in [1.165, 1.54) is 32.0 Å². The molecule has 0 aliphatic carbocycles. The summed E-state index contributed by atoms with van der Waals surface area (Å²) in [5.41, 5.74) is 0.325. The monoisotopic (exact) mass is 320 g/mol. The number of amides is 3. The van der Waals surface area contributed by atoms with Crippen LogP contribution in [0.4, 0.5) is 9.18 Å². The van der Waals surface area contributed by atoms with Gasteiger partial charge in [-0.15, -0.1) is 0 Å². The molecule has 3 amide bonds. The molecular weight excluding hydrogens is 303 g/mol. The van der Waals surface area contributed by atoms with Crippen molar-refractivity contribution >= 4 is 17.9 Å². The van der Waals surface area contributed by atoms with E-state index in [-0.39, 0.29) is 23.4 Å². The Balaban J connectivity index is 2.67. The highest BCUT2D eigenvalue weighted by molar-refractivity contribution is 6.01. The first-order valence-electron chi connectivity index (χ1n) is 7.11. The van der Waals surface area contributed by atoms with Crippen LogP contribution in [0.2, 0.25) is 0 Å². The van der Waals surface area contributed by atoms with Gasteiger partial charge in [0, 0.05) is 18.2 Å². The lowest BCUT2D eigenvalue weighted by molar-refractivity contribution is -0.139. The average Bonchev–Trinajstić information content (AvgIpc) is 2.46. The highest BCUT2D eigenvalue weighted by Gasteiger charge is 2.41. The molecule has 1 N–H and O–H groups in total. The van der Waals surface area contributed by atoms with E-state index >= 15 is 0 Å². The van der Waals surface area contributed by atoms with Crippen LogP contribution in [0.5, 0.6) is 0 Å². The van der Waals surface area contributed by atoms with E-state index in [1.807, 2.05) is 0 Å². The summed E-state index contributed by atoms with van der Waals surface area (Å²) in [5, 5.41) is 2.44. The highest BCUT2D eigenvalue weighted by atomic mass is 19.1. The maximum absolute atomic E-state index is 14.2. The van der Waals surface area contributed by atoms with Crippen LogP contribution in [0.25, 0.3) is 0 Å². The van der Waals surface area contributed by atoms with E-state index in [9.17, 15) is 18.8 Å². The minimum Gasteiger partial charge on any atom is -0.463 e. The second-order valence-corrected chi connectivity index (χ2v) is 5.00. The number of ether oxygens (including phenoxy) is 1. The lowest BCUT2D eigenvalue weighted by atomic mass is 9.93. The molecule has 0 unspecified atom stereocenters. The maximum Gasteiger partial charge on any atom is 0.338 e. The van der Waals surface area contributed by atoms with Crippen LogP contribution in [-0.2, 0) is 14.3 Å². The van der Waals surface area contributed by atoms with Crippen molar-refractivity contribution in [2.45, 2.75) is 26.8 Å². The summed E-state index contributed by atoms with van der Waals surface area (Å²) >= 11 is 0. The number of halogens is 1. The number of carbonyl (C=O) groups is 3. The van der Waals surface area contributed by atoms with Gasteiger partial charge in [0.25, 0.3) is 0 Å². The van der Waals surface area contributed by atoms with E-state index in [4.69, 9.17) is 4.74 Å². The molecule has 0 bridgehead atoms. The lowest BCUT2D eigenvalue weighted by Crippen LogP contribution is -2.50. The Bertz CT molecular complexity index is 699. The van der Waals surface area contributed by atoms with Crippen LogP contribution in [-0.4, -0.2) is 29.4 Å². The first-order valence-corrected chi connectivity index (χ1v) is 7.11. The third kappa shape index (κ3) is 3.08. The van der Waals surface area contributed by atoms with E-state index in [0.29, 0.717) is 0 Å². The van der Waals surface area contributed by atoms with Crippen LogP contribution < -0.4 is 5.32 Å². The molecule has 1 heterocycles. The summed E-state index contributed by atoms with van der Waals surface area (Å²) in [4.78, 5) is 37.2. The maximum atomic E-state index is 14.2. The van der Waals surface area contributed by atoms with E-state index in [1.54, 1.807) is 13.0 Å². The molecule has 0 fully saturated rings. The van der Waals surface area contributed by atoms with Crippen LogP contribution in [0, 0.1) is 5.82 Å². The Hall–Kier alpha value is -2.70. The highest BCUT2D eigenvalue weighted by Crippen LogP contribution is 2.35. The second-order valence-electron chi connectivity index (χ2n) is 5.00. The van der Waals surface area contributed by atoms with E-state index < -0.39 is 29.8 Å². The van der Waals surface area contributed by atoms with Crippen LogP contribution in [0.1, 0.15) is 32.4 Å². The fourth-order valence-corrected chi connectivity index (χ4v) is 2.53. The van der Waals surface area contributed by atoms with Crippen molar-refractivity contribution in [1.82, 2.24) is 10.2 Å². The number of benzene rings is 1. The fourth-order valence-electron chi connectivity index (χ4n) is 2.53. The van der Waals surface area contributed by atoms with E-state index in [2.05, 4.69) is 5.32 Å². The van der Waals surface area contributed by atoms with Crippen molar-refractivity contribution in [1.29, 1.82) is 0 Å². The molecule has 0 radical (unpaired) electrons. The Morgan fingerprint density at radius 3 is 2.57 bits per heavy atom. The Kier molecular flexibility index (Phi) is 4.78. The molecule has 1 aliphatic heterocycles. The summed E-state index contributed by atoms with van der Waals surface area (Å²) in [7, 11) is 0. The van der Waals surface area contributed by atoms with Crippen molar-refractivity contribution < 1.29 is 23.5 Å². The zero-order valence-corrected chi connectivity index (χ0v) is 13.1. The van der Waals surface area contributed by atoms with Crippen molar-refractivity contribution in [2.75, 3.05) is 6.61 Å². The molecule has 7 heteroatoms. The molecule has 1 atom stereocenters. The van der Waals surface area contributed by atoms with Crippen LogP contribution in [0.3, 0.4) is 0 Å². The predicted octanol–water partition coefficient (Wildman–Crippen LogP) is 2.28. The van der Waals surface area contributed by atoms with Crippen LogP contribution in [0.15, 0.2) is 35.5 Å². The molecule has 0 spiro atoms. The number of allylic oxidation sites excluding steroid dienone is 1. The molecule has 0 aromatic heterocycles. The van der Waals surface area contributed by atoms with Crippen LogP contribution >= 0.6 is 0 Å². The van der Waals surface area contributed by atoms with Crippen molar-refractivity contribution in [3.8, 4) is 0 Å². The number of hydrogen-bond donors (Lipinski definition) is 1. The molecule has 1 aromatic carbocycles. The Labute approximate surface area is 132 Å². The van der Waals surface area contributed by atoms with Crippen molar-refractivity contribution in [3.05, 3.63) is 46.9 Å². The van der Waals surface area contributed by atoms with Gasteiger partial charge in [0.1, 0.15) is 11.9 Å². The first-order chi connectivity index (χ1) is 10.9. The van der Waals surface area contributed by atoms with Gasteiger partial charge in [-0.2, -0.15) is 0 Å². The van der Waals surface area contributed by atoms with Gasteiger partial charge >= 0.3 is 12.0 Å². The number of nitrogens with zero attached hydrogens (tertiary/aromatic N) is 1. The molecule has 0 saturated heterocycles. The lowest BCUT2D eigenvalue weighted by Gasteiger charge is -2.35. The zero-order valence-electron chi connectivity index (χ0n) is 13.1. The van der Waals surface area contributed by atoms with Gasteiger partial charge in [-0.05, 0) is 19.9 Å². The second kappa shape index (κ2) is 6.60. The topological polar surface area (TPSA) is 75.7 Å². The number of nitrogens with one attached hydrogen (secondary N) is 1. The molecule has 122 valence electrons. The summed E-state index contributed by atoms with van der Waals surface area (Å²) in [6, 6.07) is 3.82. The quantitative estimate of drug-likeness (QED) is 0.867. The molecule has 6 nitrogen and oxygen atoms in total. The normalized spacial score (nSPS) is 17.8. The third-order valence-corrected chi connectivity index (χ3v) is 3.48. The molecule has 1 aromatic rings. The minimum atomic E-state index is -1.17. The number of urea groups is 1. The zero-order chi connectivity index (χ0) is 17.1. The number of carbonyl (C=O) groups excluding carboxylic acids is 3. The number of imide groups is 1. The number of esters is 1. The minimum absolute atomic E-state index is 0.0340. The summed E-state index contributed by atoms with van der Waals surface area (Å²) < 4.78 is 19.2. The van der Waals surface area contributed by atoms with Gasteiger partial charge in [0.05, 0.1) is 12.2 Å². The first kappa shape index (κ1) is 16.7.